The molecule has 1 amide bonds. The van der Waals surface area contributed by atoms with Gasteiger partial charge in [-0.2, -0.15) is 5.10 Å². The van der Waals surface area contributed by atoms with Crippen LogP contribution in [0.2, 0.25) is 0 Å². The first-order valence-electron chi connectivity index (χ1n) is 7.68. The number of anilines is 1. The van der Waals surface area contributed by atoms with Gasteiger partial charge < -0.3 is 5.32 Å². The van der Waals surface area contributed by atoms with E-state index in [1.807, 2.05) is 55.5 Å². The zero-order valence-corrected chi connectivity index (χ0v) is 13.4. The summed E-state index contributed by atoms with van der Waals surface area (Å²) >= 11 is 0. The summed E-state index contributed by atoms with van der Waals surface area (Å²) in [6.07, 6.45) is 6.64. The van der Waals surface area contributed by atoms with Crippen molar-refractivity contribution in [1.82, 2.24) is 14.8 Å². The molecule has 0 saturated heterocycles. The van der Waals surface area contributed by atoms with Crippen molar-refractivity contribution in [1.29, 1.82) is 0 Å². The first-order valence-corrected chi connectivity index (χ1v) is 7.68. The van der Waals surface area contributed by atoms with Crippen LogP contribution >= 0.6 is 0 Å². The summed E-state index contributed by atoms with van der Waals surface area (Å²) in [5, 5.41) is 7.33. The van der Waals surface area contributed by atoms with Gasteiger partial charge in [-0.25, -0.2) is 4.68 Å². The molecule has 0 aliphatic rings. The topological polar surface area (TPSA) is 59.8 Å². The maximum Gasteiger partial charge on any atom is 0.249 e. The molecule has 0 spiro atoms. The first kappa shape index (κ1) is 15.7. The van der Waals surface area contributed by atoms with E-state index in [-0.39, 0.29) is 5.91 Å². The fourth-order valence-corrected chi connectivity index (χ4v) is 2.34. The number of rotatable bonds is 5. The molecular formula is C19H18N4O. The van der Waals surface area contributed by atoms with Gasteiger partial charge in [0.05, 0.1) is 12.2 Å². The molecule has 24 heavy (non-hydrogen) atoms. The van der Waals surface area contributed by atoms with Crippen molar-refractivity contribution in [3.05, 3.63) is 83.8 Å². The second-order valence-corrected chi connectivity index (χ2v) is 5.42. The lowest BCUT2D eigenvalue weighted by Gasteiger charge is -2.07. The summed E-state index contributed by atoms with van der Waals surface area (Å²) in [5.41, 5.74) is 2.91. The Morgan fingerprint density at radius 2 is 1.92 bits per heavy atom. The standard InChI is InChI=1S/C19H18N4O/c1-15-13-18(23(22-15)14-17-5-3-2-4-6-17)21-19(24)8-7-16-9-11-20-12-10-16/h2-13H,14H2,1H3,(H,21,24)/b8-7+. The number of nitrogens with one attached hydrogen (secondary N) is 1. The largest absolute Gasteiger partial charge is 0.307 e. The van der Waals surface area contributed by atoms with Crippen molar-refractivity contribution >= 4 is 17.8 Å². The fourth-order valence-electron chi connectivity index (χ4n) is 2.34. The zero-order chi connectivity index (χ0) is 16.8. The molecule has 120 valence electrons. The maximum atomic E-state index is 12.1. The van der Waals surface area contributed by atoms with Gasteiger partial charge in [-0.3, -0.25) is 9.78 Å². The average molecular weight is 318 g/mol. The third-order valence-electron chi connectivity index (χ3n) is 3.46. The molecule has 0 aliphatic carbocycles. The highest BCUT2D eigenvalue weighted by atomic mass is 16.1. The third-order valence-corrected chi connectivity index (χ3v) is 3.46. The van der Waals surface area contributed by atoms with E-state index in [0.717, 1.165) is 16.8 Å². The van der Waals surface area contributed by atoms with Crippen molar-refractivity contribution in [2.75, 3.05) is 5.32 Å². The van der Waals surface area contributed by atoms with Crippen LogP contribution < -0.4 is 5.32 Å². The Labute approximate surface area is 140 Å². The SMILES string of the molecule is Cc1cc(NC(=O)/C=C/c2ccncc2)n(Cc2ccccc2)n1. The number of carbonyl (C=O) groups excluding carboxylic acids is 1. The lowest BCUT2D eigenvalue weighted by atomic mass is 10.2. The van der Waals surface area contributed by atoms with Crippen LogP contribution in [0.1, 0.15) is 16.8 Å². The minimum absolute atomic E-state index is 0.193. The smallest absolute Gasteiger partial charge is 0.249 e. The Morgan fingerprint density at radius 1 is 1.17 bits per heavy atom. The maximum absolute atomic E-state index is 12.1. The number of pyridine rings is 1. The van der Waals surface area contributed by atoms with Gasteiger partial charge in [0.2, 0.25) is 5.91 Å². The molecule has 0 unspecified atom stereocenters. The number of hydrogen-bond acceptors (Lipinski definition) is 3. The summed E-state index contributed by atoms with van der Waals surface area (Å²) in [6.45, 7) is 2.52. The molecular weight excluding hydrogens is 300 g/mol. The molecule has 2 heterocycles. The van der Waals surface area contributed by atoms with E-state index in [1.165, 1.54) is 6.08 Å². The number of amides is 1. The number of nitrogens with zero attached hydrogens (tertiary/aromatic N) is 3. The van der Waals surface area contributed by atoms with Gasteiger partial charge in [0.25, 0.3) is 0 Å². The molecule has 0 fully saturated rings. The lowest BCUT2D eigenvalue weighted by Crippen LogP contribution is -2.13. The van der Waals surface area contributed by atoms with Gasteiger partial charge in [-0.05, 0) is 36.3 Å². The average Bonchev–Trinajstić information content (AvgIpc) is 2.94. The molecule has 5 heteroatoms. The van der Waals surface area contributed by atoms with Gasteiger partial charge in [-0.15, -0.1) is 0 Å². The van der Waals surface area contributed by atoms with Crippen LogP contribution in [0.15, 0.2) is 67.0 Å². The van der Waals surface area contributed by atoms with Crippen LogP contribution in [-0.4, -0.2) is 20.7 Å². The van der Waals surface area contributed by atoms with Crippen LogP contribution in [0.5, 0.6) is 0 Å². The minimum Gasteiger partial charge on any atom is -0.307 e. The van der Waals surface area contributed by atoms with Crippen LogP contribution in [0.25, 0.3) is 6.08 Å². The van der Waals surface area contributed by atoms with Crippen LogP contribution in [0, 0.1) is 6.92 Å². The fraction of sp³-hybridized carbons (Fsp3) is 0.105. The molecule has 0 bridgehead atoms. The van der Waals surface area contributed by atoms with E-state index < -0.39 is 0 Å². The molecule has 0 saturated carbocycles. The van der Waals surface area contributed by atoms with E-state index in [1.54, 1.807) is 23.2 Å². The molecule has 3 rings (SSSR count). The molecule has 2 aromatic heterocycles. The number of aryl methyl sites for hydroxylation is 1. The summed E-state index contributed by atoms with van der Waals surface area (Å²) < 4.78 is 1.79. The highest BCUT2D eigenvalue weighted by Gasteiger charge is 2.08. The second-order valence-electron chi connectivity index (χ2n) is 5.42. The van der Waals surface area contributed by atoms with Crippen LogP contribution in [0.3, 0.4) is 0 Å². The molecule has 1 aromatic carbocycles. The predicted molar refractivity (Wildman–Crippen MR) is 94.4 cm³/mol. The van der Waals surface area contributed by atoms with E-state index in [9.17, 15) is 4.79 Å². The van der Waals surface area contributed by atoms with Crippen molar-refractivity contribution in [2.45, 2.75) is 13.5 Å². The molecule has 3 aromatic rings. The Morgan fingerprint density at radius 3 is 2.67 bits per heavy atom. The minimum atomic E-state index is -0.193. The Kier molecular flexibility index (Phi) is 4.81. The van der Waals surface area contributed by atoms with E-state index in [4.69, 9.17) is 0 Å². The van der Waals surface area contributed by atoms with Gasteiger partial charge in [0.1, 0.15) is 5.82 Å². The second kappa shape index (κ2) is 7.37. The molecule has 0 aliphatic heterocycles. The van der Waals surface area contributed by atoms with E-state index >= 15 is 0 Å². The molecule has 5 nitrogen and oxygen atoms in total. The van der Waals surface area contributed by atoms with Crippen molar-refractivity contribution in [2.24, 2.45) is 0 Å². The first-order chi connectivity index (χ1) is 11.7. The van der Waals surface area contributed by atoms with E-state index in [0.29, 0.717) is 12.4 Å². The van der Waals surface area contributed by atoms with Crippen molar-refractivity contribution in [3.63, 3.8) is 0 Å². The Bertz CT molecular complexity index is 838. The predicted octanol–water partition coefficient (Wildman–Crippen LogP) is 3.29. The zero-order valence-electron chi connectivity index (χ0n) is 13.4. The van der Waals surface area contributed by atoms with Crippen LogP contribution in [-0.2, 0) is 11.3 Å². The number of carbonyl (C=O) groups is 1. The Balaban J connectivity index is 1.71. The normalized spacial score (nSPS) is 10.9. The third kappa shape index (κ3) is 4.16. The summed E-state index contributed by atoms with van der Waals surface area (Å²) in [4.78, 5) is 16.1. The summed E-state index contributed by atoms with van der Waals surface area (Å²) in [7, 11) is 0. The van der Waals surface area contributed by atoms with Gasteiger partial charge >= 0.3 is 0 Å². The summed E-state index contributed by atoms with van der Waals surface area (Å²) in [6, 6.07) is 15.6. The molecule has 1 N–H and O–H groups in total. The number of aromatic nitrogens is 3. The van der Waals surface area contributed by atoms with Gasteiger partial charge in [-0.1, -0.05) is 30.3 Å². The number of hydrogen-bond donors (Lipinski definition) is 1. The van der Waals surface area contributed by atoms with Crippen LogP contribution in [0.4, 0.5) is 5.82 Å². The highest BCUT2D eigenvalue weighted by molar-refractivity contribution is 6.01. The van der Waals surface area contributed by atoms with E-state index in [2.05, 4.69) is 15.4 Å². The monoisotopic (exact) mass is 318 g/mol. The molecule has 0 radical (unpaired) electrons. The van der Waals surface area contributed by atoms with Gasteiger partial charge in [0, 0.05) is 24.5 Å². The number of benzene rings is 1. The quantitative estimate of drug-likeness (QED) is 0.734. The Hall–Kier alpha value is -3.21. The van der Waals surface area contributed by atoms with Gasteiger partial charge in [0.15, 0.2) is 0 Å². The summed E-state index contributed by atoms with van der Waals surface area (Å²) in [5.74, 6) is 0.488. The van der Waals surface area contributed by atoms with Crippen molar-refractivity contribution < 1.29 is 4.79 Å². The molecule has 0 atom stereocenters. The lowest BCUT2D eigenvalue weighted by molar-refractivity contribution is -0.111. The van der Waals surface area contributed by atoms with Crippen molar-refractivity contribution in [3.8, 4) is 0 Å². The highest BCUT2D eigenvalue weighted by Crippen LogP contribution is 2.13.